The predicted molar refractivity (Wildman–Crippen MR) is 116 cm³/mol. The molecule has 2 N–H and O–H groups in total. The third-order valence-corrected chi connectivity index (χ3v) is 5.50. The van der Waals surface area contributed by atoms with E-state index >= 15 is 0 Å². The van der Waals surface area contributed by atoms with Gasteiger partial charge in [0.05, 0.1) is 5.69 Å². The fourth-order valence-electron chi connectivity index (χ4n) is 3.19. The smallest absolute Gasteiger partial charge is 0.326 e. The number of hydrogen-bond donors (Lipinski definition) is 2. The van der Waals surface area contributed by atoms with E-state index in [4.69, 9.17) is 4.74 Å². The van der Waals surface area contributed by atoms with Gasteiger partial charge in [0.2, 0.25) is 0 Å². The molecule has 0 aliphatic carbocycles. The van der Waals surface area contributed by atoms with Crippen molar-refractivity contribution >= 4 is 35.1 Å². The summed E-state index contributed by atoms with van der Waals surface area (Å²) in [7, 11) is 1.63. The summed E-state index contributed by atoms with van der Waals surface area (Å²) in [6, 6.07) is 8.68. The minimum absolute atomic E-state index is 0.141. The van der Waals surface area contributed by atoms with E-state index in [0.29, 0.717) is 30.9 Å². The number of thioether (sulfide) groups is 1. The van der Waals surface area contributed by atoms with Crippen LogP contribution in [-0.4, -0.2) is 49.5 Å². The fourth-order valence-corrected chi connectivity index (χ4v) is 4.27. The van der Waals surface area contributed by atoms with Gasteiger partial charge in [-0.1, -0.05) is 0 Å². The number of carbonyl (C=O) groups excluding carboxylic acids is 2. The zero-order valence-corrected chi connectivity index (χ0v) is 17.8. The van der Waals surface area contributed by atoms with Crippen molar-refractivity contribution < 1.29 is 14.3 Å². The van der Waals surface area contributed by atoms with Crippen LogP contribution in [-0.2, 0) is 4.74 Å². The molecule has 8 heteroatoms. The van der Waals surface area contributed by atoms with E-state index < -0.39 is 0 Å². The van der Waals surface area contributed by atoms with Gasteiger partial charge in [-0.2, -0.15) is 0 Å². The van der Waals surface area contributed by atoms with Crippen molar-refractivity contribution in [2.24, 2.45) is 0 Å². The summed E-state index contributed by atoms with van der Waals surface area (Å²) < 4.78 is 4.97. The zero-order valence-electron chi connectivity index (χ0n) is 16.9. The van der Waals surface area contributed by atoms with Crippen LogP contribution in [0.4, 0.5) is 16.2 Å². The lowest BCUT2D eigenvalue weighted by molar-refractivity contribution is 0.0948. The highest BCUT2D eigenvalue weighted by molar-refractivity contribution is 7.99. The van der Waals surface area contributed by atoms with E-state index in [1.807, 2.05) is 19.9 Å². The monoisotopic (exact) mass is 414 g/mol. The van der Waals surface area contributed by atoms with Crippen molar-refractivity contribution in [1.82, 2.24) is 10.3 Å². The van der Waals surface area contributed by atoms with Crippen molar-refractivity contribution in [1.29, 1.82) is 0 Å². The van der Waals surface area contributed by atoms with Crippen molar-refractivity contribution in [2.45, 2.75) is 25.3 Å². The van der Waals surface area contributed by atoms with Crippen LogP contribution >= 0.6 is 11.8 Å². The van der Waals surface area contributed by atoms with E-state index in [1.165, 1.54) is 0 Å². The number of urea groups is 1. The summed E-state index contributed by atoms with van der Waals surface area (Å²) in [6.07, 6.45) is 0.764. The highest BCUT2D eigenvalue weighted by atomic mass is 32.2. The number of anilines is 2. The van der Waals surface area contributed by atoms with Crippen LogP contribution in [0.15, 0.2) is 35.4 Å². The first-order valence-corrected chi connectivity index (χ1v) is 10.5. The van der Waals surface area contributed by atoms with Crippen LogP contribution in [0, 0.1) is 13.8 Å². The Kier molecular flexibility index (Phi) is 7.11. The molecule has 3 amide bonds. The van der Waals surface area contributed by atoms with E-state index in [1.54, 1.807) is 48.0 Å². The van der Waals surface area contributed by atoms with Crippen LogP contribution < -0.4 is 15.5 Å². The molecule has 1 aromatic carbocycles. The molecule has 0 saturated heterocycles. The normalized spacial score (nSPS) is 13.0. The lowest BCUT2D eigenvalue weighted by Crippen LogP contribution is -2.39. The summed E-state index contributed by atoms with van der Waals surface area (Å²) in [4.78, 5) is 31.3. The number of aryl methyl sites for hydroxylation is 2. The first-order valence-electron chi connectivity index (χ1n) is 9.56. The maximum absolute atomic E-state index is 12.9. The van der Waals surface area contributed by atoms with Gasteiger partial charge in [-0.3, -0.25) is 9.69 Å². The SMILES string of the molecule is COCCCNC(=O)c1ccc(NC(=O)N2CCSc3nc(C)cc(C)c32)cc1. The molecular formula is C21H26N4O3S. The Labute approximate surface area is 175 Å². The summed E-state index contributed by atoms with van der Waals surface area (Å²) in [5.74, 6) is 0.663. The lowest BCUT2D eigenvalue weighted by atomic mass is 10.2. The first-order chi connectivity index (χ1) is 14.0. The molecule has 7 nitrogen and oxygen atoms in total. The second kappa shape index (κ2) is 9.76. The van der Waals surface area contributed by atoms with Crippen LogP contribution in [0.3, 0.4) is 0 Å². The number of carbonyl (C=O) groups is 2. The number of rotatable bonds is 6. The minimum atomic E-state index is -0.197. The van der Waals surface area contributed by atoms with Gasteiger partial charge in [-0.05, 0) is 56.2 Å². The number of ether oxygens (including phenoxy) is 1. The molecule has 0 radical (unpaired) electrons. The number of benzene rings is 1. The van der Waals surface area contributed by atoms with Gasteiger partial charge in [0.15, 0.2) is 0 Å². The number of methoxy groups -OCH3 is 1. The Morgan fingerprint density at radius 3 is 2.72 bits per heavy atom. The Morgan fingerprint density at radius 1 is 1.24 bits per heavy atom. The third kappa shape index (κ3) is 5.27. The largest absolute Gasteiger partial charge is 0.385 e. The minimum Gasteiger partial charge on any atom is -0.385 e. The lowest BCUT2D eigenvalue weighted by Gasteiger charge is -2.30. The Balaban J connectivity index is 1.64. The molecule has 0 fully saturated rings. The van der Waals surface area contributed by atoms with E-state index in [-0.39, 0.29) is 11.9 Å². The van der Waals surface area contributed by atoms with E-state index in [9.17, 15) is 9.59 Å². The van der Waals surface area contributed by atoms with Crippen molar-refractivity contribution in [3.05, 3.63) is 47.2 Å². The van der Waals surface area contributed by atoms with Crippen LogP contribution in [0.25, 0.3) is 0 Å². The first kappa shape index (κ1) is 21.1. The topological polar surface area (TPSA) is 83.6 Å². The zero-order chi connectivity index (χ0) is 20.8. The van der Waals surface area contributed by atoms with Gasteiger partial charge < -0.3 is 15.4 Å². The van der Waals surface area contributed by atoms with Crippen molar-refractivity contribution in [2.75, 3.05) is 42.8 Å². The standard InChI is InChI=1S/C21H26N4O3S/c1-14-13-15(2)23-20-18(14)25(10-12-29-20)21(27)24-17-7-5-16(6-8-17)19(26)22-9-4-11-28-3/h5-8,13H,4,9-12H2,1-3H3,(H,22,26)(H,24,27). The molecule has 0 atom stereocenters. The van der Waals surface area contributed by atoms with E-state index in [2.05, 4.69) is 15.6 Å². The van der Waals surface area contributed by atoms with Crippen LogP contribution in [0.5, 0.6) is 0 Å². The molecule has 0 spiro atoms. The number of hydrogen-bond acceptors (Lipinski definition) is 5. The molecule has 3 rings (SSSR count). The Bertz CT molecular complexity index is 886. The molecule has 1 aliphatic heterocycles. The molecule has 0 saturated carbocycles. The van der Waals surface area contributed by atoms with Crippen LogP contribution in [0.2, 0.25) is 0 Å². The quantitative estimate of drug-likeness (QED) is 0.706. The predicted octanol–water partition coefficient (Wildman–Crippen LogP) is 3.61. The molecule has 29 heavy (non-hydrogen) atoms. The maximum Gasteiger partial charge on any atom is 0.326 e. The maximum atomic E-state index is 12.9. The molecule has 0 unspecified atom stereocenters. The molecule has 0 bridgehead atoms. The second-order valence-electron chi connectivity index (χ2n) is 6.84. The average molecular weight is 415 g/mol. The van der Waals surface area contributed by atoms with Crippen molar-refractivity contribution in [3.8, 4) is 0 Å². The average Bonchev–Trinajstić information content (AvgIpc) is 2.71. The number of nitrogens with zero attached hydrogens (tertiary/aromatic N) is 2. The van der Waals surface area contributed by atoms with Gasteiger partial charge in [-0.15, -0.1) is 11.8 Å². The summed E-state index contributed by atoms with van der Waals surface area (Å²) in [6.45, 7) is 5.75. The molecule has 2 heterocycles. The molecular weight excluding hydrogens is 388 g/mol. The molecule has 1 aliphatic rings. The summed E-state index contributed by atoms with van der Waals surface area (Å²) >= 11 is 1.67. The number of aromatic nitrogens is 1. The van der Waals surface area contributed by atoms with Gasteiger partial charge >= 0.3 is 6.03 Å². The third-order valence-electron chi connectivity index (χ3n) is 4.56. The summed E-state index contributed by atoms with van der Waals surface area (Å²) in [5, 5.41) is 6.66. The Morgan fingerprint density at radius 2 is 2.00 bits per heavy atom. The number of fused-ring (bicyclic) bond motifs is 1. The molecule has 1 aromatic heterocycles. The van der Waals surface area contributed by atoms with Crippen molar-refractivity contribution in [3.63, 3.8) is 0 Å². The number of nitrogens with one attached hydrogen (secondary N) is 2. The highest BCUT2D eigenvalue weighted by Gasteiger charge is 2.26. The van der Waals surface area contributed by atoms with Gasteiger partial charge in [-0.25, -0.2) is 9.78 Å². The van der Waals surface area contributed by atoms with Gasteiger partial charge in [0.1, 0.15) is 5.03 Å². The molecule has 2 aromatic rings. The van der Waals surface area contributed by atoms with Gasteiger partial charge in [0, 0.05) is 49.5 Å². The number of amides is 3. The van der Waals surface area contributed by atoms with Crippen LogP contribution in [0.1, 0.15) is 28.0 Å². The fraction of sp³-hybridized carbons (Fsp3) is 0.381. The number of pyridine rings is 1. The Hall–Kier alpha value is -2.58. The second-order valence-corrected chi connectivity index (χ2v) is 7.93. The van der Waals surface area contributed by atoms with E-state index in [0.717, 1.165) is 34.1 Å². The molecule has 154 valence electrons. The summed E-state index contributed by atoms with van der Waals surface area (Å²) in [5.41, 5.74) is 4.05. The highest BCUT2D eigenvalue weighted by Crippen LogP contribution is 2.36. The van der Waals surface area contributed by atoms with Gasteiger partial charge in [0.25, 0.3) is 5.91 Å².